The average molecular weight is 352 g/mol. The summed E-state index contributed by atoms with van der Waals surface area (Å²) in [5.41, 5.74) is 1.56. The first-order valence-electron chi connectivity index (χ1n) is 8.46. The minimum absolute atomic E-state index is 0. The zero-order chi connectivity index (χ0) is 16.3. The van der Waals surface area contributed by atoms with Crippen molar-refractivity contribution < 1.29 is 9.59 Å². The number of nitrogens with one attached hydrogen (secondary N) is 3. The molecule has 5 nitrogen and oxygen atoms in total. The van der Waals surface area contributed by atoms with Gasteiger partial charge in [-0.15, -0.1) is 12.4 Å². The standard InChI is InChI=1S/C18H25N3O2.ClH/c1-18(8-10-19-11-9-18)12-20-16(22)13-4-6-15(7-5-13)21-17(23)14-2-3-14;/h4-7,14,19H,2-3,8-12H2,1H3,(H,20,22)(H,21,23);1H. The second-order valence-corrected chi connectivity index (χ2v) is 7.08. The van der Waals surface area contributed by atoms with Crippen LogP contribution in [0.3, 0.4) is 0 Å². The highest BCUT2D eigenvalue weighted by atomic mass is 35.5. The molecule has 1 saturated heterocycles. The van der Waals surface area contributed by atoms with Crippen LogP contribution in [0, 0.1) is 11.3 Å². The molecule has 3 N–H and O–H groups in total. The summed E-state index contributed by atoms with van der Waals surface area (Å²) in [4.78, 5) is 24.0. The van der Waals surface area contributed by atoms with E-state index in [0.29, 0.717) is 12.1 Å². The number of carbonyl (C=O) groups is 2. The van der Waals surface area contributed by atoms with E-state index in [9.17, 15) is 9.59 Å². The summed E-state index contributed by atoms with van der Waals surface area (Å²) < 4.78 is 0. The van der Waals surface area contributed by atoms with Crippen LogP contribution >= 0.6 is 12.4 Å². The first kappa shape index (κ1) is 18.7. The van der Waals surface area contributed by atoms with Gasteiger partial charge in [0.15, 0.2) is 0 Å². The first-order chi connectivity index (χ1) is 11.1. The molecule has 1 aliphatic carbocycles. The molecule has 2 aliphatic rings. The lowest BCUT2D eigenvalue weighted by Gasteiger charge is -2.34. The maximum absolute atomic E-state index is 12.3. The number of hydrogen-bond acceptors (Lipinski definition) is 3. The number of piperidine rings is 1. The lowest BCUT2D eigenvalue weighted by molar-refractivity contribution is -0.117. The van der Waals surface area contributed by atoms with Gasteiger partial charge >= 0.3 is 0 Å². The molecule has 1 aromatic carbocycles. The molecule has 0 spiro atoms. The molecule has 0 aromatic heterocycles. The van der Waals surface area contributed by atoms with E-state index in [1.807, 2.05) is 0 Å². The van der Waals surface area contributed by atoms with Crippen molar-refractivity contribution in [3.63, 3.8) is 0 Å². The van der Waals surface area contributed by atoms with Crippen molar-refractivity contribution in [1.82, 2.24) is 10.6 Å². The van der Waals surface area contributed by atoms with Crippen LogP contribution in [-0.4, -0.2) is 31.4 Å². The number of halogens is 1. The van der Waals surface area contributed by atoms with Gasteiger partial charge in [0, 0.05) is 23.7 Å². The van der Waals surface area contributed by atoms with Gasteiger partial charge in [-0.05, 0) is 68.5 Å². The summed E-state index contributed by atoms with van der Waals surface area (Å²) in [5, 5.41) is 9.27. The van der Waals surface area contributed by atoms with Crippen LogP contribution in [-0.2, 0) is 4.79 Å². The largest absolute Gasteiger partial charge is 0.351 e. The highest BCUT2D eigenvalue weighted by molar-refractivity contribution is 5.96. The third-order valence-corrected chi connectivity index (χ3v) is 4.85. The molecule has 24 heavy (non-hydrogen) atoms. The first-order valence-corrected chi connectivity index (χ1v) is 8.46. The lowest BCUT2D eigenvalue weighted by atomic mass is 9.81. The zero-order valence-corrected chi connectivity index (χ0v) is 14.9. The summed E-state index contributed by atoms with van der Waals surface area (Å²) in [6.45, 7) is 4.96. The van der Waals surface area contributed by atoms with Gasteiger partial charge in [0.2, 0.25) is 5.91 Å². The van der Waals surface area contributed by atoms with Crippen LogP contribution in [0.25, 0.3) is 0 Å². The topological polar surface area (TPSA) is 70.2 Å². The maximum Gasteiger partial charge on any atom is 0.251 e. The summed E-state index contributed by atoms with van der Waals surface area (Å²) >= 11 is 0. The SMILES string of the molecule is CC1(CNC(=O)c2ccc(NC(=O)C3CC3)cc2)CCNCC1.Cl. The van der Waals surface area contributed by atoms with Crippen LogP contribution < -0.4 is 16.0 Å². The Balaban J connectivity index is 0.00000208. The van der Waals surface area contributed by atoms with Gasteiger partial charge in [-0.1, -0.05) is 6.92 Å². The highest BCUT2D eigenvalue weighted by Crippen LogP contribution is 2.30. The fourth-order valence-corrected chi connectivity index (χ4v) is 2.90. The quantitative estimate of drug-likeness (QED) is 0.763. The van der Waals surface area contributed by atoms with Crippen molar-refractivity contribution in [3.05, 3.63) is 29.8 Å². The van der Waals surface area contributed by atoms with Crippen LogP contribution in [0.2, 0.25) is 0 Å². The van der Waals surface area contributed by atoms with Crippen LogP contribution in [0.4, 0.5) is 5.69 Å². The van der Waals surface area contributed by atoms with Crippen molar-refractivity contribution in [3.8, 4) is 0 Å². The Morgan fingerprint density at radius 2 is 1.79 bits per heavy atom. The molecule has 1 heterocycles. The number of amides is 2. The summed E-state index contributed by atoms with van der Waals surface area (Å²) in [7, 11) is 0. The van der Waals surface area contributed by atoms with Crippen molar-refractivity contribution >= 4 is 29.9 Å². The molecule has 3 rings (SSSR count). The Morgan fingerprint density at radius 1 is 1.17 bits per heavy atom. The zero-order valence-electron chi connectivity index (χ0n) is 14.1. The molecule has 0 atom stereocenters. The lowest BCUT2D eigenvalue weighted by Crippen LogP contribution is -2.42. The second kappa shape index (κ2) is 7.99. The third kappa shape index (κ3) is 4.95. The van der Waals surface area contributed by atoms with Crippen LogP contribution in [0.5, 0.6) is 0 Å². The van der Waals surface area contributed by atoms with Gasteiger partial charge in [-0.2, -0.15) is 0 Å². The Bertz CT molecular complexity index is 578. The van der Waals surface area contributed by atoms with Crippen molar-refractivity contribution in [2.75, 3.05) is 25.0 Å². The van der Waals surface area contributed by atoms with E-state index in [-0.39, 0.29) is 35.6 Å². The molecule has 1 aliphatic heterocycles. The van der Waals surface area contributed by atoms with E-state index in [4.69, 9.17) is 0 Å². The predicted octanol–water partition coefficient (Wildman–Crippen LogP) is 2.58. The number of hydrogen-bond donors (Lipinski definition) is 3. The van der Waals surface area contributed by atoms with E-state index in [1.165, 1.54) is 0 Å². The number of benzene rings is 1. The van der Waals surface area contributed by atoms with E-state index < -0.39 is 0 Å². The highest BCUT2D eigenvalue weighted by Gasteiger charge is 2.29. The van der Waals surface area contributed by atoms with Gasteiger partial charge in [-0.3, -0.25) is 9.59 Å². The second-order valence-electron chi connectivity index (χ2n) is 7.08. The fraction of sp³-hybridized carbons (Fsp3) is 0.556. The number of rotatable bonds is 5. The van der Waals surface area contributed by atoms with Gasteiger partial charge < -0.3 is 16.0 Å². The smallest absolute Gasteiger partial charge is 0.251 e. The molecule has 2 fully saturated rings. The summed E-state index contributed by atoms with van der Waals surface area (Å²) in [5.74, 6) is 0.217. The van der Waals surface area contributed by atoms with Crippen LogP contribution in [0.1, 0.15) is 43.0 Å². The Labute approximate surface area is 149 Å². The molecule has 6 heteroatoms. The van der Waals surface area contributed by atoms with E-state index in [1.54, 1.807) is 24.3 Å². The predicted molar refractivity (Wildman–Crippen MR) is 97.6 cm³/mol. The molecular weight excluding hydrogens is 326 g/mol. The van der Waals surface area contributed by atoms with E-state index >= 15 is 0 Å². The minimum Gasteiger partial charge on any atom is -0.351 e. The Kier molecular flexibility index (Phi) is 6.24. The van der Waals surface area contributed by atoms with Crippen molar-refractivity contribution in [2.45, 2.75) is 32.6 Å². The van der Waals surface area contributed by atoms with Crippen molar-refractivity contribution in [1.29, 1.82) is 0 Å². The minimum atomic E-state index is -0.0511. The molecule has 0 unspecified atom stereocenters. The molecule has 2 amide bonds. The van der Waals surface area contributed by atoms with Gasteiger partial charge in [0.25, 0.3) is 5.91 Å². The fourth-order valence-electron chi connectivity index (χ4n) is 2.90. The molecule has 0 radical (unpaired) electrons. The van der Waals surface area contributed by atoms with Crippen LogP contribution in [0.15, 0.2) is 24.3 Å². The normalized spacial score (nSPS) is 19.0. The van der Waals surface area contributed by atoms with E-state index in [0.717, 1.165) is 44.5 Å². The molecule has 132 valence electrons. The Hall–Kier alpha value is -1.59. The van der Waals surface area contributed by atoms with Gasteiger partial charge in [-0.25, -0.2) is 0 Å². The summed E-state index contributed by atoms with van der Waals surface area (Å²) in [6, 6.07) is 7.12. The van der Waals surface area contributed by atoms with Crippen molar-refractivity contribution in [2.24, 2.45) is 11.3 Å². The summed E-state index contributed by atoms with van der Waals surface area (Å²) in [6.07, 6.45) is 4.14. The number of anilines is 1. The monoisotopic (exact) mass is 351 g/mol. The third-order valence-electron chi connectivity index (χ3n) is 4.85. The molecule has 1 saturated carbocycles. The maximum atomic E-state index is 12.3. The number of carbonyl (C=O) groups excluding carboxylic acids is 2. The van der Waals surface area contributed by atoms with Gasteiger partial charge in [0.1, 0.15) is 0 Å². The Morgan fingerprint density at radius 3 is 2.38 bits per heavy atom. The van der Waals surface area contributed by atoms with Gasteiger partial charge in [0.05, 0.1) is 0 Å². The molecule has 0 bridgehead atoms. The average Bonchev–Trinajstić information content (AvgIpc) is 3.39. The van der Waals surface area contributed by atoms with E-state index in [2.05, 4.69) is 22.9 Å². The molecule has 1 aromatic rings. The molecular formula is C18H26ClN3O2.